The van der Waals surface area contributed by atoms with Crippen molar-refractivity contribution in [2.24, 2.45) is 10.9 Å². The Morgan fingerprint density at radius 1 is 1.27 bits per heavy atom. The molecular formula is C22H32FIN4O2. The van der Waals surface area contributed by atoms with Crippen LogP contribution in [-0.2, 0) is 11.3 Å². The predicted octanol–water partition coefficient (Wildman–Crippen LogP) is 3.66. The molecule has 1 atom stereocenters. The number of ether oxygens (including phenoxy) is 1. The van der Waals surface area contributed by atoms with Crippen LogP contribution in [0, 0.1) is 18.7 Å². The molecule has 2 saturated heterocycles. The summed E-state index contributed by atoms with van der Waals surface area (Å²) in [6.07, 6.45) is 3.41. The second kappa shape index (κ2) is 10.8. The monoisotopic (exact) mass is 530 g/mol. The molecule has 0 bridgehead atoms. The molecule has 0 spiro atoms. The molecular weight excluding hydrogens is 498 g/mol. The smallest absolute Gasteiger partial charge is 0.191 e. The summed E-state index contributed by atoms with van der Waals surface area (Å²) in [6.45, 7) is 7.70. The molecule has 8 heteroatoms. The molecule has 3 heterocycles. The number of piperidine rings is 1. The largest absolute Gasteiger partial charge is 0.459 e. The molecule has 2 fully saturated rings. The van der Waals surface area contributed by atoms with Crippen molar-refractivity contribution in [1.82, 2.24) is 15.5 Å². The second-order valence-corrected chi connectivity index (χ2v) is 8.17. The minimum absolute atomic E-state index is 0. The number of halogens is 2. The zero-order valence-electron chi connectivity index (χ0n) is 17.7. The number of likely N-dealkylation sites (tertiary alicyclic amines) is 1. The Hall–Kier alpha value is -1.39. The summed E-state index contributed by atoms with van der Waals surface area (Å²) < 4.78 is 24.9. The van der Waals surface area contributed by atoms with E-state index < -0.39 is 0 Å². The number of fused-ring (bicyclic) bond motifs is 1. The summed E-state index contributed by atoms with van der Waals surface area (Å²) in [4.78, 5) is 6.92. The van der Waals surface area contributed by atoms with Crippen LogP contribution in [0.5, 0.6) is 0 Å². The number of guanidine groups is 1. The van der Waals surface area contributed by atoms with Crippen molar-refractivity contribution in [2.45, 2.75) is 38.8 Å². The second-order valence-electron chi connectivity index (χ2n) is 8.17. The molecule has 1 aromatic heterocycles. The fraction of sp³-hybridized carbons (Fsp3) is 0.591. The van der Waals surface area contributed by atoms with Gasteiger partial charge in [0.2, 0.25) is 0 Å². The maximum atomic E-state index is 13.5. The van der Waals surface area contributed by atoms with Crippen LogP contribution in [0.3, 0.4) is 0 Å². The van der Waals surface area contributed by atoms with E-state index in [1.54, 1.807) is 13.1 Å². The Balaban J connectivity index is 0.00000256. The zero-order valence-corrected chi connectivity index (χ0v) is 20.1. The quantitative estimate of drug-likeness (QED) is 0.351. The van der Waals surface area contributed by atoms with Gasteiger partial charge < -0.3 is 24.7 Å². The Morgan fingerprint density at radius 2 is 2.07 bits per heavy atom. The first kappa shape index (κ1) is 23.3. The average molecular weight is 530 g/mol. The highest BCUT2D eigenvalue weighted by Crippen LogP contribution is 2.26. The lowest BCUT2D eigenvalue weighted by atomic mass is 10.0. The highest BCUT2D eigenvalue weighted by Gasteiger charge is 2.24. The summed E-state index contributed by atoms with van der Waals surface area (Å²) in [5.41, 5.74) is 1.68. The first-order chi connectivity index (χ1) is 14.1. The molecule has 30 heavy (non-hydrogen) atoms. The van der Waals surface area contributed by atoms with Gasteiger partial charge in [0.05, 0.1) is 13.2 Å². The molecule has 2 aromatic rings. The van der Waals surface area contributed by atoms with Gasteiger partial charge in [0.25, 0.3) is 0 Å². The number of nitrogens with one attached hydrogen (secondary N) is 2. The molecule has 6 nitrogen and oxygen atoms in total. The van der Waals surface area contributed by atoms with Crippen molar-refractivity contribution in [1.29, 1.82) is 0 Å². The van der Waals surface area contributed by atoms with Gasteiger partial charge in [-0.05, 0) is 50.3 Å². The first-order valence-corrected chi connectivity index (χ1v) is 10.6. The molecule has 0 aliphatic carbocycles. The van der Waals surface area contributed by atoms with Crippen LogP contribution in [0.2, 0.25) is 0 Å². The molecule has 1 aromatic carbocycles. The van der Waals surface area contributed by atoms with Crippen LogP contribution < -0.4 is 10.6 Å². The third kappa shape index (κ3) is 5.64. The van der Waals surface area contributed by atoms with Crippen molar-refractivity contribution in [3.8, 4) is 0 Å². The third-order valence-electron chi connectivity index (χ3n) is 6.11. The van der Waals surface area contributed by atoms with Gasteiger partial charge in [-0.1, -0.05) is 0 Å². The molecule has 166 valence electrons. The lowest BCUT2D eigenvalue weighted by molar-refractivity contribution is 0.150. The number of nitrogens with zero attached hydrogens (tertiary/aromatic N) is 2. The van der Waals surface area contributed by atoms with E-state index in [-0.39, 0.29) is 29.8 Å². The molecule has 1 unspecified atom stereocenters. The van der Waals surface area contributed by atoms with Crippen LogP contribution >= 0.6 is 24.0 Å². The minimum Gasteiger partial charge on any atom is -0.459 e. The van der Waals surface area contributed by atoms with Crippen molar-refractivity contribution >= 4 is 40.9 Å². The van der Waals surface area contributed by atoms with Crippen molar-refractivity contribution in [3.05, 3.63) is 35.3 Å². The predicted molar refractivity (Wildman–Crippen MR) is 128 cm³/mol. The van der Waals surface area contributed by atoms with E-state index in [4.69, 9.17) is 9.15 Å². The summed E-state index contributed by atoms with van der Waals surface area (Å²) in [5.74, 6) is 2.04. The summed E-state index contributed by atoms with van der Waals surface area (Å²) in [6, 6.07) is 5.05. The fourth-order valence-electron chi connectivity index (χ4n) is 4.32. The zero-order chi connectivity index (χ0) is 20.2. The molecule has 0 radical (unpaired) electrons. The van der Waals surface area contributed by atoms with Crippen molar-refractivity contribution < 1.29 is 13.5 Å². The molecule has 0 saturated carbocycles. The van der Waals surface area contributed by atoms with Crippen molar-refractivity contribution in [3.63, 3.8) is 0 Å². The number of benzene rings is 1. The van der Waals surface area contributed by atoms with E-state index in [1.165, 1.54) is 18.6 Å². The van der Waals surface area contributed by atoms with E-state index in [1.807, 2.05) is 6.92 Å². The van der Waals surface area contributed by atoms with Crippen LogP contribution in [0.1, 0.15) is 30.6 Å². The maximum absolute atomic E-state index is 13.5. The SMILES string of the molecule is CN=C(NCc1oc2ccc(F)cc2c1C)NC1CCN(CC2CCOC2)CC1.I. The van der Waals surface area contributed by atoms with Crippen LogP contribution in [0.15, 0.2) is 27.6 Å². The Labute approximate surface area is 194 Å². The number of hydrogen-bond donors (Lipinski definition) is 2. The molecule has 2 N–H and O–H groups in total. The number of furan rings is 1. The summed E-state index contributed by atoms with van der Waals surface area (Å²) in [7, 11) is 1.78. The highest BCUT2D eigenvalue weighted by atomic mass is 127. The summed E-state index contributed by atoms with van der Waals surface area (Å²) in [5, 5.41) is 7.70. The molecule has 2 aliphatic heterocycles. The highest BCUT2D eigenvalue weighted by molar-refractivity contribution is 14.0. The van der Waals surface area contributed by atoms with E-state index in [0.717, 1.165) is 68.4 Å². The van der Waals surface area contributed by atoms with Gasteiger partial charge in [0.1, 0.15) is 17.2 Å². The molecule has 0 amide bonds. The van der Waals surface area contributed by atoms with E-state index in [2.05, 4.69) is 20.5 Å². The lowest BCUT2D eigenvalue weighted by Crippen LogP contribution is -2.49. The standard InChI is InChI=1S/C22H31FN4O2.HI/c1-15-19-11-17(23)3-4-20(19)29-21(15)12-25-22(24-2)26-18-5-8-27(9-6-18)13-16-7-10-28-14-16;/h3-4,11,16,18H,5-10,12-14H2,1-2H3,(H2,24,25,26);1H. The normalized spacial score (nSPS) is 21.0. The van der Waals surface area contributed by atoms with Gasteiger partial charge in [-0.3, -0.25) is 4.99 Å². The van der Waals surface area contributed by atoms with Gasteiger partial charge in [-0.25, -0.2) is 4.39 Å². The minimum atomic E-state index is -0.245. The fourth-order valence-corrected chi connectivity index (χ4v) is 4.32. The Morgan fingerprint density at radius 3 is 2.77 bits per heavy atom. The van der Waals surface area contributed by atoms with Gasteiger partial charge in [-0.15, -0.1) is 24.0 Å². The van der Waals surface area contributed by atoms with Gasteiger partial charge in [-0.2, -0.15) is 0 Å². The average Bonchev–Trinajstić information content (AvgIpc) is 3.35. The molecule has 2 aliphatic rings. The maximum Gasteiger partial charge on any atom is 0.191 e. The van der Waals surface area contributed by atoms with Crippen LogP contribution in [0.4, 0.5) is 4.39 Å². The van der Waals surface area contributed by atoms with E-state index in [9.17, 15) is 4.39 Å². The number of hydrogen-bond acceptors (Lipinski definition) is 4. The number of rotatable bonds is 5. The first-order valence-electron chi connectivity index (χ1n) is 10.6. The third-order valence-corrected chi connectivity index (χ3v) is 6.11. The number of aryl methyl sites for hydroxylation is 1. The van der Waals surface area contributed by atoms with E-state index >= 15 is 0 Å². The van der Waals surface area contributed by atoms with Gasteiger partial charge in [0, 0.05) is 50.3 Å². The van der Waals surface area contributed by atoms with E-state index in [0.29, 0.717) is 24.1 Å². The molecule has 4 rings (SSSR count). The van der Waals surface area contributed by atoms with Gasteiger partial charge in [0.15, 0.2) is 5.96 Å². The van der Waals surface area contributed by atoms with Crippen LogP contribution in [0.25, 0.3) is 11.0 Å². The Bertz CT molecular complexity index is 858. The Kier molecular flexibility index (Phi) is 8.35. The number of aliphatic imine (C=N–C) groups is 1. The van der Waals surface area contributed by atoms with Crippen molar-refractivity contribution in [2.75, 3.05) is 39.9 Å². The topological polar surface area (TPSA) is 62.0 Å². The van der Waals surface area contributed by atoms with Gasteiger partial charge >= 0.3 is 0 Å². The summed E-state index contributed by atoms with van der Waals surface area (Å²) >= 11 is 0. The lowest BCUT2D eigenvalue weighted by Gasteiger charge is -2.34. The van der Waals surface area contributed by atoms with Crippen LogP contribution in [-0.4, -0.2) is 56.8 Å².